The summed E-state index contributed by atoms with van der Waals surface area (Å²) in [5.74, 6) is 0. The topological polar surface area (TPSA) is 25.4 Å². The third kappa shape index (κ3) is 4.92. The summed E-state index contributed by atoms with van der Waals surface area (Å²) in [7, 11) is 0. The molecule has 100 valence electrons. The van der Waals surface area contributed by atoms with Crippen LogP contribution in [0.4, 0.5) is 0 Å². The molecule has 0 unspecified atom stereocenters. The first-order valence-corrected chi connectivity index (χ1v) is 7.13. The summed E-state index contributed by atoms with van der Waals surface area (Å²) >= 11 is 5.93. The van der Waals surface area contributed by atoms with Crippen LogP contribution in [0.3, 0.4) is 0 Å². The van der Waals surface area contributed by atoms with Gasteiger partial charge in [0.1, 0.15) is 0 Å². The number of pyridine rings is 1. The molecule has 1 aliphatic rings. The van der Waals surface area contributed by atoms with E-state index in [1.165, 1.54) is 25.8 Å². The van der Waals surface area contributed by atoms with Gasteiger partial charge in [0.05, 0.1) is 13.2 Å². The van der Waals surface area contributed by atoms with Crippen LogP contribution in [-0.4, -0.2) is 42.7 Å². The van der Waals surface area contributed by atoms with Crippen LogP contribution in [-0.2, 0) is 11.2 Å². The lowest BCUT2D eigenvalue weighted by Gasteiger charge is -2.26. The number of rotatable bonds is 6. The standard InChI is InChI=1S/C14H21ClN2O/c15-13-5-6-16-14(12-13)4-2-1-3-7-17-8-10-18-11-9-17/h5-6,12H,1-4,7-11H2. The maximum Gasteiger partial charge on any atom is 0.0594 e. The Bertz CT molecular complexity index is 353. The molecule has 18 heavy (non-hydrogen) atoms. The van der Waals surface area contributed by atoms with Gasteiger partial charge in [-0.1, -0.05) is 18.0 Å². The molecule has 1 saturated heterocycles. The second-order valence-electron chi connectivity index (χ2n) is 4.73. The van der Waals surface area contributed by atoms with Gasteiger partial charge in [-0.3, -0.25) is 9.88 Å². The van der Waals surface area contributed by atoms with Crippen molar-refractivity contribution in [3.8, 4) is 0 Å². The van der Waals surface area contributed by atoms with Crippen molar-refractivity contribution in [2.75, 3.05) is 32.8 Å². The highest BCUT2D eigenvalue weighted by Gasteiger charge is 2.08. The van der Waals surface area contributed by atoms with Gasteiger partial charge in [0, 0.05) is 30.0 Å². The van der Waals surface area contributed by atoms with E-state index in [0.29, 0.717) is 0 Å². The van der Waals surface area contributed by atoms with Crippen LogP contribution in [0, 0.1) is 0 Å². The van der Waals surface area contributed by atoms with Crippen molar-refractivity contribution in [3.05, 3.63) is 29.0 Å². The van der Waals surface area contributed by atoms with E-state index in [9.17, 15) is 0 Å². The zero-order chi connectivity index (χ0) is 12.6. The Kier molecular flexibility index (Phi) is 5.91. The lowest BCUT2D eigenvalue weighted by atomic mass is 10.1. The summed E-state index contributed by atoms with van der Waals surface area (Å²) < 4.78 is 5.33. The number of hydrogen-bond donors (Lipinski definition) is 0. The van der Waals surface area contributed by atoms with E-state index in [0.717, 1.165) is 43.4 Å². The SMILES string of the molecule is Clc1ccnc(CCCCCN2CCOCC2)c1. The summed E-state index contributed by atoms with van der Waals surface area (Å²) in [5, 5.41) is 0.785. The summed E-state index contributed by atoms with van der Waals surface area (Å²) in [4.78, 5) is 6.80. The molecular weight excluding hydrogens is 248 g/mol. The molecule has 1 fully saturated rings. The van der Waals surface area contributed by atoms with Crippen molar-refractivity contribution >= 4 is 11.6 Å². The Balaban J connectivity index is 1.55. The van der Waals surface area contributed by atoms with Crippen molar-refractivity contribution in [1.82, 2.24) is 9.88 Å². The zero-order valence-corrected chi connectivity index (χ0v) is 11.5. The highest BCUT2D eigenvalue weighted by Crippen LogP contribution is 2.11. The largest absolute Gasteiger partial charge is 0.379 e. The molecule has 1 aliphatic heterocycles. The molecule has 2 heterocycles. The third-order valence-electron chi connectivity index (χ3n) is 3.29. The molecule has 0 amide bonds. The van der Waals surface area contributed by atoms with Crippen LogP contribution < -0.4 is 0 Å². The molecule has 4 heteroatoms. The first kappa shape index (κ1) is 13.8. The predicted molar refractivity (Wildman–Crippen MR) is 74.1 cm³/mol. The van der Waals surface area contributed by atoms with Gasteiger partial charge in [-0.05, 0) is 37.9 Å². The van der Waals surface area contributed by atoms with E-state index in [4.69, 9.17) is 16.3 Å². The molecular formula is C14H21ClN2O. The van der Waals surface area contributed by atoms with Gasteiger partial charge in [0.2, 0.25) is 0 Å². The number of ether oxygens (including phenoxy) is 1. The second kappa shape index (κ2) is 7.72. The molecule has 1 aromatic rings. The minimum absolute atomic E-state index is 0.785. The van der Waals surface area contributed by atoms with Crippen molar-refractivity contribution in [2.24, 2.45) is 0 Å². The van der Waals surface area contributed by atoms with E-state index in [-0.39, 0.29) is 0 Å². The van der Waals surface area contributed by atoms with Gasteiger partial charge in [-0.15, -0.1) is 0 Å². The highest BCUT2D eigenvalue weighted by atomic mass is 35.5. The van der Waals surface area contributed by atoms with Gasteiger partial charge in [0.15, 0.2) is 0 Å². The number of aryl methyl sites for hydroxylation is 1. The van der Waals surface area contributed by atoms with Crippen LogP contribution >= 0.6 is 11.6 Å². The summed E-state index contributed by atoms with van der Waals surface area (Å²) in [5.41, 5.74) is 1.11. The predicted octanol–water partition coefficient (Wildman–Crippen LogP) is 2.78. The van der Waals surface area contributed by atoms with E-state index in [2.05, 4.69) is 9.88 Å². The van der Waals surface area contributed by atoms with Crippen LogP contribution in [0.25, 0.3) is 0 Å². The Morgan fingerprint density at radius 1 is 1.22 bits per heavy atom. The smallest absolute Gasteiger partial charge is 0.0594 e. The highest BCUT2D eigenvalue weighted by molar-refractivity contribution is 6.30. The normalized spacial score (nSPS) is 16.9. The number of nitrogens with zero attached hydrogens (tertiary/aromatic N) is 2. The van der Waals surface area contributed by atoms with Gasteiger partial charge < -0.3 is 4.74 Å². The molecule has 0 atom stereocenters. The molecule has 0 aliphatic carbocycles. The quantitative estimate of drug-likeness (QED) is 0.742. The van der Waals surface area contributed by atoms with Crippen molar-refractivity contribution < 1.29 is 4.74 Å². The minimum Gasteiger partial charge on any atom is -0.379 e. The van der Waals surface area contributed by atoms with E-state index in [1.807, 2.05) is 12.1 Å². The Labute approximate surface area is 114 Å². The first-order chi connectivity index (χ1) is 8.84. The number of halogens is 1. The van der Waals surface area contributed by atoms with Gasteiger partial charge in [-0.2, -0.15) is 0 Å². The molecule has 2 rings (SSSR count). The fraction of sp³-hybridized carbons (Fsp3) is 0.643. The van der Waals surface area contributed by atoms with E-state index < -0.39 is 0 Å². The molecule has 1 aromatic heterocycles. The van der Waals surface area contributed by atoms with Gasteiger partial charge in [-0.25, -0.2) is 0 Å². The molecule has 0 radical (unpaired) electrons. The number of unbranched alkanes of at least 4 members (excludes halogenated alkanes) is 2. The van der Waals surface area contributed by atoms with Crippen molar-refractivity contribution in [1.29, 1.82) is 0 Å². The van der Waals surface area contributed by atoms with Crippen LogP contribution in [0.15, 0.2) is 18.3 Å². The fourth-order valence-corrected chi connectivity index (χ4v) is 2.41. The third-order valence-corrected chi connectivity index (χ3v) is 3.52. The van der Waals surface area contributed by atoms with Gasteiger partial charge >= 0.3 is 0 Å². The van der Waals surface area contributed by atoms with Crippen LogP contribution in [0.5, 0.6) is 0 Å². The Morgan fingerprint density at radius 2 is 2.06 bits per heavy atom. The fourth-order valence-electron chi connectivity index (χ4n) is 2.23. The summed E-state index contributed by atoms with van der Waals surface area (Å²) in [6, 6.07) is 3.78. The molecule has 0 aromatic carbocycles. The number of aromatic nitrogens is 1. The maximum atomic E-state index is 5.93. The molecule has 0 spiro atoms. The maximum absolute atomic E-state index is 5.93. The van der Waals surface area contributed by atoms with Crippen molar-refractivity contribution in [3.63, 3.8) is 0 Å². The Morgan fingerprint density at radius 3 is 2.83 bits per heavy atom. The van der Waals surface area contributed by atoms with Crippen LogP contribution in [0.2, 0.25) is 5.02 Å². The molecule has 0 saturated carbocycles. The average Bonchev–Trinajstić information content (AvgIpc) is 2.40. The molecule has 0 N–H and O–H groups in total. The summed E-state index contributed by atoms with van der Waals surface area (Å²) in [6.45, 7) is 5.18. The first-order valence-electron chi connectivity index (χ1n) is 6.75. The monoisotopic (exact) mass is 268 g/mol. The second-order valence-corrected chi connectivity index (χ2v) is 5.17. The average molecular weight is 269 g/mol. The van der Waals surface area contributed by atoms with E-state index >= 15 is 0 Å². The number of morpholine rings is 1. The lowest BCUT2D eigenvalue weighted by molar-refractivity contribution is 0.0371. The Hall–Kier alpha value is -0.640. The molecule has 3 nitrogen and oxygen atoms in total. The zero-order valence-electron chi connectivity index (χ0n) is 10.8. The van der Waals surface area contributed by atoms with Crippen LogP contribution in [0.1, 0.15) is 25.0 Å². The van der Waals surface area contributed by atoms with Gasteiger partial charge in [0.25, 0.3) is 0 Å². The van der Waals surface area contributed by atoms with Crippen molar-refractivity contribution in [2.45, 2.75) is 25.7 Å². The minimum atomic E-state index is 0.785. The number of hydrogen-bond acceptors (Lipinski definition) is 3. The summed E-state index contributed by atoms with van der Waals surface area (Å²) in [6.07, 6.45) is 6.53. The van der Waals surface area contributed by atoms with E-state index in [1.54, 1.807) is 6.20 Å². The lowest BCUT2D eigenvalue weighted by Crippen LogP contribution is -2.36. The molecule has 0 bridgehead atoms.